The molecule has 1 aliphatic carbocycles. The van der Waals surface area contributed by atoms with Crippen molar-refractivity contribution in [1.82, 2.24) is 9.78 Å². The monoisotopic (exact) mass is 409 g/mol. The number of carbonyl (C=O) groups is 2. The van der Waals surface area contributed by atoms with E-state index in [4.69, 9.17) is 11.6 Å². The molecule has 0 spiro atoms. The molecule has 6 nitrogen and oxygen atoms in total. The van der Waals surface area contributed by atoms with Gasteiger partial charge in [-0.1, -0.05) is 18.5 Å². The van der Waals surface area contributed by atoms with Crippen molar-refractivity contribution in [3.8, 4) is 5.00 Å². The van der Waals surface area contributed by atoms with E-state index < -0.39 is 5.97 Å². The van der Waals surface area contributed by atoms with Crippen molar-refractivity contribution in [3.63, 3.8) is 0 Å². The Hall–Kier alpha value is -1.86. The van der Waals surface area contributed by atoms with Gasteiger partial charge in [0.15, 0.2) is 5.82 Å². The Morgan fingerprint density at radius 2 is 1.96 bits per heavy atom. The van der Waals surface area contributed by atoms with Crippen LogP contribution >= 0.6 is 22.9 Å². The van der Waals surface area contributed by atoms with Crippen LogP contribution in [0.1, 0.15) is 56.8 Å². The van der Waals surface area contributed by atoms with Crippen LogP contribution in [0.25, 0.3) is 5.00 Å². The maximum Gasteiger partial charge on any atom is 0.341 e. The van der Waals surface area contributed by atoms with Crippen LogP contribution in [0.15, 0.2) is 18.3 Å². The zero-order valence-corrected chi connectivity index (χ0v) is 17.3. The molecule has 0 radical (unpaired) electrons. The highest BCUT2D eigenvalue weighted by Gasteiger charge is 2.34. The predicted octanol–water partition coefficient (Wildman–Crippen LogP) is 4.85. The molecule has 27 heavy (non-hydrogen) atoms. The summed E-state index contributed by atoms with van der Waals surface area (Å²) in [5.74, 6) is -0.375. The Balaban J connectivity index is 1.98. The Kier molecular flexibility index (Phi) is 5.91. The van der Waals surface area contributed by atoms with E-state index >= 15 is 0 Å². The average Bonchev–Trinajstić information content (AvgIpc) is 3.22. The summed E-state index contributed by atoms with van der Waals surface area (Å²) in [5, 5.41) is 14.8. The van der Waals surface area contributed by atoms with Crippen LogP contribution in [-0.4, -0.2) is 32.8 Å². The molecule has 1 fully saturated rings. The summed E-state index contributed by atoms with van der Waals surface area (Å²) < 4.78 is 2.08. The van der Waals surface area contributed by atoms with E-state index in [0.717, 1.165) is 25.7 Å². The van der Waals surface area contributed by atoms with Crippen molar-refractivity contribution >= 4 is 40.6 Å². The first kappa shape index (κ1) is 19.9. The lowest BCUT2D eigenvalue weighted by Crippen LogP contribution is -2.43. The van der Waals surface area contributed by atoms with Gasteiger partial charge < -0.3 is 5.11 Å². The fraction of sp³-hybridized carbons (Fsp3) is 0.526. The molecule has 2 aromatic heterocycles. The molecule has 0 aliphatic heterocycles. The predicted molar refractivity (Wildman–Crippen MR) is 107 cm³/mol. The Morgan fingerprint density at radius 3 is 2.48 bits per heavy atom. The second-order valence-corrected chi connectivity index (χ2v) is 9.15. The van der Waals surface area contributed by atoms with E-state index in [1.54, 1.807) is 17.0 Å². The first-order chi connectivity index (χ1) is 12.8. The number of carboxylic acid groups (broad SMARTS) is 1. The second-order valence-electron chi connectivity index (χ2n) is 7.45. The summed E-state index contributed by atoms with van der Waals surface area (Å²) in [7, 11) is 0. The van der Waals surface area contributed by atoms with Crippen molar-refractivity contribution in [1.29, 1.82) is 0 Å². The molecule has 0 aromatic carbocycles. The standard InChI is InChI=1S/C19H24ClN3O3S/c1-11(2)23(18(24)13-6-4-12(3)5-7-13)17-14(19(25)26)10-22(21-17)16-9-8-15(20)27-16/h8-13H,4-7H2,1-3H3,(H,25,26). The maximum atomic E-state index is 13.2. The summed E-state index contributed by atoms with van der Waals surface area (Å²) >= 11 is 7.29. The van der Waals surface area contributed by atoms with Gasteiger partial charge in [0.1, 0.15) is 10.6 Å². The molecule has 2 heterocycles. The number of nitrogens with zero attached hydrogens (tertiary/aromatic N) is 3. The van der Waals surface area contributed by atoms with Gasteiger partial charge in [-0.2, -0.15) is 0 Å². The largest absolute Gasteiger partial charge is 0.477 e. The van der Waals surface area contributed by atoms with Crippen LogP contribution in [0.5, 0.6) is 0 Å². The van der Waals surface area contributed by atoms with Gasteiger partial charge in [0.05, 0.1) is 4.34 Å². The van der Waals surface area contributed by atoms with Gasteiger partial charge >= 0.3 is 5.97 Å². The van der Waals surface area contributed by atoms with Crippen molar-refractivity contribution in [2.45, 2.75) is 52.5 Å². The first-order valence-electron chi connectivity index (χ1n) is 9.19. The van der Waals surface area contributed by atoms with Crippen molar-refractivity contribution in [2.24, 2.45) is 11.8 Å². The number of hydrogen-bond donors (Lipinski definition) is 1. The summed E-state index contributed by atoms with van der Waals surface area (Å²) in [6.45, 7) is 5.98. The van der Waals surface area contributed by atoms with E-state index in [1.807, 2.05) is 13.8 Å². The highest BCUT2D eigenvalue weighted by atomic mass is 35.5. The Morgan fingerprint density at radius 1 is 1.30 bits per heavy atom. The molecule has 0 bridgehead atoms. The second kappa shape index (κ2) is 8.02. The fourth-order valence-electron chi connectivity index (χ4n) is 3.54. The summed E-state index contributed by atoms with van der Waals surface area (Å²) in [6.07, 6.45) is 5.18. The van der Waals surface area contributed by atoms with E-state index in [0.29, 0.717) is 15.3 Å². The molecule has 1 aliphatic rings. The normalized spacial score (nSPS) is 20.0. The molecular formula is C19H24ClN3O3S. The van der Waals surface area contributed by atoms with E-state index in [9.17, 15) is 14.7 Å². The van der Waals surface area contributed by atoms with Crippen LogP contribution in [0.3, 0.4) is 0 Å². The maximum absolute atomic E-state index is 13.2. The lowest BCUT2D eigenvalue weighted by molar-refractivity contribution is -0.123. The van der Waals surface area contributed by atoms with Crippen LogP contribution in [0.2, 0.25) is 4.34 Å². The minimum atomic E-state index is -1.10. The molecule has 1 amide bonds. The van der Waals surface area contributed by atoms with Gasteiger partial charge in [-0.3, -0.25) is 9.69 Å². The zero-order chi connectivity index (χ0) is 19.7. The number of rotatable bonds is 5. The van der Waals surface area contributed by atoms with Crippen LogP contribution in [-0.2, 0) is 4.79 Å². The molecule has 146 valence electrons. The van der Waals surface area contributed by atoms with E-state index in [1.165, 1.54) is 22.2 Å². The fourth-order valence-corrected chi connectivity index (χ4v) is 4.50. The molecule has 0 unspecified atom stereocenters. The number of halogens is 1. The lowest BCUT2D eigenvalue weighted by atomic mass is 9.82. The van der Waals surface area contributed by atoms with Crippen molar-refractivity contribution in [2.75, 3.05) is 4.90 Å². The number of carbonyl (C=O) groups excluding carboxylic acids is 1. The summed E-state index contributed by atoms with van der Waals surface area (Å²) in [5.41, 5.74) is 0.0192. The van der Waals surface area contributed by atoms with Crippen LogP contribution in [0, 0.1) is 11.8 Å². The highest BCUT2D eigenvalue weighted by Crippen LogP contribution is 2.33. The number of carboxylic acids is 1. The lowest BCUT2D eigenvalue weighted by Gasteiger charge is -2.32. The number of hydrogen-bond acceptors (Lipinski definition) is 4. The Labute approximate surface area is 167 Å². The van der Waals surface area contributed by atoms with Gasteiger partial charge in [-0.25, -0.2) is 9.48 Å². The third-order valence-corrected chi connectivity index (χ3v) is 6.28. The number of anilines is 1. The smallest absolute Gasteiger partial charge is 0.341 e. The molecule has 3 rings (SSSR count). The van der Waals surface area contributed by atoms with E-state index in [2.05, 4.69) is 12.0 Å². The number of aromatic nitrogens is 2. The summed E-state index contributed by atoms with van der Waals surface area (Å²) in [6, 6.07) is 3.32. The van der Waals surface area contributed by atoms with Crippen molar-refractivity contribution in [3.05, 3.63) is 28.2 Å². The highest BCUT2D eigenvalue weighted by molar-refractivity contribution is 7.18. The first-order valence-corrected chi connectivity index (χ1v) is 10.4. The molecular weight excluding hydrogens is 386 g/mol. The number of thiophene rings is 1. The molecule has 1 saturated carbocycles. The number of aromatic carboxylic acids is 1. The van der Waals surface area contributed by atoms with Gasteiger partial charge in [-0.15, -0.1) is 16.4 Å². The zero-order valence-electron chi connectivity index (χ0n) is 15.7. The Bertz CT molecular complexity index is 837. The molecule has 2 aromatic rings. The molecule has 1 N–H and O–H groups in total. The van der Waals surface area contributed by atoms with Gasteiger partial charge in [0.25, 0.3) is 0 Å². The van der Waals surface area contributed by atoms with Crippen molar-refractivity contribution < 1.29 is 14.7 Å². The average molecular weight is 410 g/mol. The van der Waals surface area contributed by atoms with Crippen LogP contribution < -0.4 is 4.90 Å². The topological polar surface area (TPSA) is 75.4 Å². The third kappa shape index (κ3) is 4.19. The molecule has 8 heteroatoms. The van der Waals surface area contributed by atoms with Gasteiger partial charge in [0, 0.05) is 18.2 Å². The quantitative estimate of drug-likeness (QED) is 0.765. The van der Waals surface area contributed by atoms with E-state index in [-0.39, 0.29) is 29.2 Å². The summed E-state index contributed by atoms with van der Waals surface area (Å²) in [4.78, 5) is 26.6. The molecule has 0 atom stereocenters. The van der Waals surface area contributed by atoms with Gasteiger partial charge in [0.2, 0.25) is 5.91 Å². The minimum Gasteiger partial charge on any atom is -0.477 e. The van der Waals surface area contributed by atoms with Crippen LogP contribution in [0.4, 0.5) is 5.82 Å². The minimum absolute atomic E-state index is 0.0192. The third-order valence-electron chi connectivity index (χ3n) is 5.06. The van der Waals surface area contributed by atoms with Gasteiger partial charge in [-0.05, 0) is 57.6 Å². The number of amides is 1. The SMILES string of the molecule is CC1CCC(C(=O)N(c2nn(-c3ccc(Cl)s3)cc2C(=O)O)C(C)C)CC1. The molecule has 0 saturated heterocycles.